The molecule has 0 unspecified atom stereocenters. The number of fused-ring (bicyclic) bond motifs is 10. The lowest BCUT2D eigenvalue weighted by atomic mass is 9.90. The van der Waals surface area contributed by atoms with Crippen molar-refractivity contribution in [2.45, 2.75) is 19.6 Å². The number of nitrogens with zero attached hydrogens (tertiary/aromatic N) is 2. The van der Waals surface area contributed by atoms with Crippen molar-refractivity contribution in [1.82, 2.24) is 9.13 Å². The maximum absolute atomic E-state index is 16.1. The summed E-state index contributed by atoms with van der Waals surface area (Å²) >= 11 is 3.39. The molecule has 4 nitrogen and oxygen atoms in total. The highest BCUT2D eigenvalue weighted by molar-refractivity contribution is 8.03. The van der Waals surface area contributed by atoms with E-state index in [-0.39, 0.29) is 0 Å². The van der Waals surface area contributed by atoms with Crippen LogP contribution >= 0.6 is 37.8 Å². The Morgan fingerprint density at radius 2 is 0.595 bits per heavy atom. The first-order valence-corrected chi connectivity index (χ1v) is 29.8. The van der Waals surface area contributed by atoms with Gasteiger partial charge in [-0.15, -0.1) is 0 Å². The third kappa shape index (κ3) is 6.27. The zero-order valence-corrected chi connectivity index (χ0v) is 43.1. The van der Waals surface area contributed by atoms with Crippen LogP contribution in [0.25, 0.3) is 77.2 Å². The van der Waals surface area contributed by atoms with Crippen molar-refractivity contribution < 1.29 is 9.13 Å². The van der Waals surface area contributed by atoms with Crippen LogP contribution in [-0.4, -0.2) is 9.13 Å². The van der Waals surface area contributed by atoms with Crippen molar-refractivity contribution in [3.63, 3.8) is 0 Å². The Hall–Kier alpha value is -7.82. The molecular formula is C66H42N2O2P2S2. The summed E-state index contributed by atoms with van der Waals surface area (Å²) in [6, 6.07) is 89.0. The van der Waals surface area contributed by atoms with Gasteiger partial charge in [0.2, 0.25) is 0 Å². The van der Waals surface area contributed by atoms with Gasteiger partial charge in [-0.3, -0.25) is 0 Å². The second-order valence-corrected chi connectivity index (χ2v) is 26.5. The number of rotatable bonds is 6. The van der Waals surface area contributed by atoms with E-state index >= 15 is 9.13 Å². The van der Waals surface area contributed by atoms with E-state index in [9.17, 15) is 0 Å². The number of para-hydroxylation sites is 4. The minimum absolute atomic E-state index is 0.807. The van der Waals surface area contributed by atoms with Gasteiger partial charge in [0.05, 0.1) is 22.1 Å². The first-order valence-electron chi connectivity index (χ1n) is 24.8. The lowest BCUT2D eigenvalue weighted by Gasteiger charge is -2.28. The van der Waals surface area contributed by atoms with E-state index in [1.54, 1.807) is 23.5 Å². The number of hydrogen-bond acceptors (Lipinski definition) is 4. The molecule has 0 fully saturated rings. The molecule has 0 saturated heterocycles. The fourth-order valence-electron chi connectivity index (χ4n) is 11.9. The summed E-state index contributed by atoms with van der Waals surface area (Å²) in [5.74, 6) is 0. The molecule has 2 aromatic heterocycles. The van der Waals surface area contributed by atoms with Crippen LogP contribution in [0.1, 0.15) is 0 Å². The van der Waals surface area contributed by atoms with Crippen LogP contribution < -0.4 is 31.8 Å². The Bertz CT molecular complexity index is 4150. The zero-order chi connectivity index (χ0) is 49.1. The van der Waals surface area contributed by atoms with Crippen molar-refractivity contribution in [1.29, 1.82) is 0 Å². The first kappa shape index (κ1) is 43.7. The molecule has 0 atom stereocenters. The molecule has 0 spiro atoms. The van der Waals surface area contributed by atoms with Gasteiger partial charge < -0.3 is 18.3 Å². The van der Waals surface area contributed by atoms with E-state index in [4.69, 9.17) is 0 Å². The number of hydrogen-bond donors (Lipinski definition) is 0. The molecule has 350 valence electrons. The second-order valence-electron chi connectivity index (χ2n) is 19.0. The fraction of sp³-hybridized carbons (Fsp3) is 0. The summed E-state index contributed by atoms with van der Waals surface area (Å²) < 4.78 is 37.0. The maximum atomic E-state index is 16.1. The van der Waals surface area contributed by atoms with Crippen molar-refractivity contribution >= 4 is 113 Å². The van der Waals surface area contributed by atoms with Crippen LogP contribution in [0, 0.1) is 0 Å². The zero-order valence-electron chi connectivity index (χ0n) is 39.7. The largest absolute Gasteiger partial charge is 0.309 e. The Balaban J connectivity index is 1.07. The summed E-state index contributed by atoms with van der Waals surface area (Å²) in [5.41, 5.74) is 10.6. The lowest BCUT2D eigenvalue weighted by molar-refractivity contribution is 0.591. The SMILES string of the molecule is O=P1(c2ccc(-c3c4c5ccccc5n(-c5ccccc5)c4c(-c4ccc(P5(=O)c6ccccc6Sc6ccccc65)cc4)c4c5ccccc5n(-c5ccccc5)c34)cc2)c2ccccc2Sc2ccccc21. The summed E-state index contributed by atoms with van der Waals surface area (Å²) in [6.07, 6.45) is 0. The van der Waals surface area contributed by atoms with Gasteiger partial charge in [-0.2, -0.15) is 0 Å². The molecule has 13 aromatic rings. The van der Waals surface area contributed by atoms with Gasteiger partial charge >= 0.3 is 0 Å². The van der Waals surface area contributed by atoms with Gasteiger partial charge in [-0.25, -0.2) is 0 Å². The van der Waals surface area contributed by atoms with E-state index in [2.05, 4.69) is 191 Å². The highest BCUT2D eigenvalue weighted by atomic mass is 32.2. The molecule has 74 heavy (non-hydrogen) atoms. The third-order valence-corrected chi connectivity index (χ3v) is 24.3. The van der Waals surface area contributed by atoms with Crippen LogP contribution in [0.15, 0.2) is 274 Å². The first-order chi connectivity index (χ1) is 36.5. The number of aromatic nitrogens is 2. The molecule has 8 heteroatoms. The Morgan fingerprint density at radius 1 is 0.297 bits per heavy atom. The Morgan fingerprint density at radius 3 is 0.946 bits per heavy atom. The van der Waals surface area contributed by atoms with Gasteiger partial charge in [0.1, 0.15) is 0 Å². The molecule has 0 N–H and O–H groups in total. The molecular weight excluding hydrogens is 979 g/mol. The van der Waals surface area contributed by atoms with Crippen molar-refractivity contribution in [3.8, 4) is 33.6 Å². The molecule has 0 bridgehead atoms. The normalized spacial score (nSPS) is 14.2. The van der Waals surface area contributed by atoms with Gasteiger partial charge in [0, 0.05) is 95.5 Å². The van der Waals surface area contributed by atoms with Crippen LogP contribution in [0.4, 0.5) is 0 Å². The van der Waals surface area contributed by atoms with E-state index < -0.39 is 14.3 Å². The topological polar surface area (TPSA) is 44.0 Å². The minimum Gasteiger partial charge on any atom is -0.309 e. The Kier molecular flexibility index (Phi) is 9.97. The molecule has 15 rings (SSSR count). The summed E-state index contributed by atoms with van der Waals surface area (Å²) in [4.78, 5) is 4.13. The molecule has 0 aliphatic carbocycles. The van der Waals surface area contributed by atoms with Gasteiger partial charge in [0.25, 0.3) is 0 Å². The minimum atomic E-state index is -3.26. The van der Waals surface area contributed by atoms with E-state index in [0.29, 0.717) is 0 Å². The summed E-state index contributed by atoms with van der Waals surface area (Å²) in [5, 5.41) is 9.60. The average molecular weight is 1020 g/mol. The standard InChI is InChI=1S/C66H42N2O2P2S2/c69-71(53-27-11-15-31-57(53)73-58-32-16-12-28-54(58)71)47-39-35-43(36-40-47)61-64-50-24-8-10-26-52(50)68(46-21-5-2-6-22-46)66(64)62(63-49-23-7-9-25-51(49)67(65(61)63)45-19-3-1-4-20-45)44-37-41-48(42-38-44)72(70)55-29-13-17-33-59(55)74-60-34-18-14-30-56(60)72/h1-42H. The molecule has 2 aliphatic rings. The smallest absolute Gasteiger partial charge is 0.173 e. The van der Waals surface area contributed by atoms with Crippen LogP contribution in [-0.2, 0) is 9.13 Å². The predicted molar refractivity (Wildman–Crippen MR) is 313 cm³/mol. The third-order valence-electron chi connectivity index (χ3n) is 15.0. The second kappa shape index (κ2) is 16.9. The molecule has 0 amide bonds. The van der Waals surface area contributed by atoms with Crippen molar-refractivity contribution in [2.24, 2.45) is 0 Å². The fourth-order valence-corrected chi connectivity index (χ4v) is 21.2. The number of benzene rings is 11. The molecule has 11 aromatic carbocycles. The van der Waals surface area contributed by atoms with E-state index in [1.165, 1.54) is 0 Å². The lowest BCUT2D eigenvalue weighted by Crippen LogP contribution is -2.30. The quantitative estimate of drug-likeness (QED) is 0.156. The highest BCUT2D eigenvalue weighted by Gasteiger charge is 2.40. The van der Waals surface area contributed by atoms with Crippen molar-refractivity contribution in [2.75, 3.05) is 0 Å². The average Bonchev–Trinajstić information content (AvgIpc) is 4.09. The molecule has 2 aliphatic heterocycles. The van der Waals surface area contributed by atoms with Gasteiger partial charge in [-0.1, -0.05) is 193 Å². The van der Waals surface area contributed by atoms with Crippen LogP contribution in [0.2, 0.25) is 0 Å². The predicted octanol–water partition coefficient (Wildman–Crippen LogP) is 15.4. The van der Waals surface area contributed by atoms with Crippen molar-refractivity contribution in [3.05, 3.63) is 255 Å². The monoisotopic (exact) mass is 1020 g/mol. The van der Waals surface area contributed by atoms with Gasteiger partial charge in [-0.05, 0) is 96.1 Å². The van der Waals surface area contributed by atoms with Crippen LogP contribution in [0.3, 0.4) is 0 Å². The van der Waals surface area contributed by atoms with Crippen LogP contribution in [0.5, 0.6) is 0 Å². The molecule has 0 saturated carbocycles. The highest BCUT2D eigenvalue weighted by Crippen LogP contribution is 2.56. The van der Waals surface area contributed by atoms with E-state index in [0.717, 1.165) is 129 Å². The maximum Gasteiger partial charge on any atom is 0.173 e. The van der Waals surface area contributed by atoms with Gasteiger partial charge in [0.15, 0.2) is 14.3 Å². The van der Waals surface area contributed by atoms with E-state index in [1.807, 2.05) is 72.8 Å². The molecule has 0 radical (unpaired) electrons. The summed E-state index contributed by atoms with van der Waals surface area (Å²) in [6.45, 7) is 0. The summed E-state index contributed by atoms with van der Waals surface area (Å²) in [7, 11) is -6.53. The Labute approximate surface area is 436 Å². The molecule has 4 heterocycles.